The van der Waals surface area contributed by atoms with Crippen molar-refractivity contribution in [2.75, 3.05) is 0 Å². The van der Waals surface area contributed by atoms with Gasteiger partial charge >= 0.3 is 0 Å². The molecule has 0 bridgehead atoms. The molecule has 0 aromatic heterocycles. The third-order valence-electron chi connectivity index (χ3n) is 3.70. The third kappa shape index (κ3) is 5.05. The fourth-order valence-corrected chi connectivity index (χ4v) is 2.53. The second-order valence-electron chi connectivity index (χ2n) is 5.40. The van der Waals surface area contributed by atoms with E-state index in [4.69, 9.17) is 4.84 Å². The summed E-state index contributed by atoms with van der Waals surface area (Å²) in [5.74, 6) is 0.104. The highest BCUT2D eigenvalue weighted by Crippen LogP contribution is 2.20. The first-order valence-corrected chi connectivity index (χ1v) is 7.49. The van der Waals surface area contributed by atoms with Crippen LogP contribution in [0.15, 0.2) is 35.5 Å². The molecule has 0 spiro atoms. The molecule has 1 saturated carbocycles. The zero-order valence-electron chi connectivity index (χ0n) is 11.9. The third-order valence-corrected chi connectivity index (χ3v) is 3.70. The van der Waals surface area contributed by atoms with Gasteiger partial charge in [-0.15, -0.1) is 0 Å². The van der Waals surface area contributed by atoms with Crippen LogP contribution < -0.4 is 0 Å². The maximum Gasteiger partial charge on any atom is 0.142 e. The quantitative estimate of drug-likeness (QED) is 0.762. The first kappa shape index (κ1) is 14.6. The molecule has 0 saturated heterocycles. The molecule has 0 N–H and O–H groups in total. The van der Waals surface area contributed by atoms with E-state index in [9.17, 15) is 5.26 Å². The first-order chi connectivity index (χ1) is 9.88. The van der Waals surface area contributed by atoms with Crippen molar-refractivity contribution in [3.63, 3.8) is 0 Å². The summed E-state index contributed by atoms with van der Waals surface area (Å²) in [4.78, 5) is 5.47. The average molecular weight is 270 g/mol. The Morgan fingerprint density at radius 1 is 1.15 bits per heavy atom. The highest BCUT2D eigenvalue weighted by Gasteiger charge is 2.14. The molecule has 1 aliphatic carbocycles. The maximum atomic E-state index is 9.18. The van der Waals surface area contributed by atoms with Gasteiger partial charge in [0.25, 0.3) is 0 Å². The second kappa shape index (κ2) is 8.37. The predicted octanol–water partition coefficient (Wildman–Crippen LogP) is 4.44. The fourth-order valence-electron chi connectivity index (χ4n) is 2.53. The van der Waals surface area contributed by atoms with Crippen LogP contribution in [0.2, 0.25) is 0 Å². The number of nitrogens with zero attached hydrogens (tertiary/aromatic N) is 2. The summed E-state index contributed by atoms with van der Waals surface area (Å²) >= 11 is 0. The van der Waals surface area contributed by atoms with Crippen LogP contribution in [-0.4, -0.2) is 5.71 Å². The predicted molar refractivity (Wildman–Crippen MR) is 80.1 cm³/mol. The van der Waals surface area contributed by atoms with E-state index in [1.807, 2.05) is 30.3 Å². The minimum absolute atomic E-state index is 0.104. The summed E-state index contributed by atoms with van der Waals surface area (Å²) < 4.78 is 0. The molecule has 0 heterocycles. The Labute approximate surface area is 121 Å². The zero-order valence-corrected chi connectivity index (χ0v) is 11.9. The van der Waals surface area contributed by atoms with E-state index in [0.717, 1.165) is 43.4 Å². The summed E-state index contributed by atoms with van der Waals surface area (Å²) in [5.41, 5.74) is 2.17. The van der Waals surface area contributed by atoms with Crippen LogP contribution in [0.25, 0.3) is 0 Å². The Balaban J connectivity index is 1.89. The summed E-state index contributed by atoms with van der Waals surface area (Å²) in [5, 5.41) is 13.5. The smallest absolute Gasteiger partial charge is 0.142 e. The topological polar surface area (TPSA) is 45.4 Å². The Hall–Kier alpha value is -1.82. The van der Waals surface area contributed by atoms with Crippen LogP contribution >= 0.6 is 0 Å². The van der Waals surface area contributed by atoms with Crippen LogP contribution in [-0.2, 0) is 11.4 Å². The number of benzene rings is 1. The molecular formula is C17H22N2O. The summed E-state index contributed by atoms with van der Waals surface area (Å²) in [6.45, 7) is 0.502. The van der Waals surface area contributed by atoms with Gasteiger partial charge in [-0.2, -0.15) is 5.26 Å². The molecule has 1 aromatic carbocycles. The van der Waals surface area contributed by atoms with Gasteiger partial charge in [0.05, 0.1) is 17.7 Å². The van der Waals surface area contributed by atoms with Crippen LogP contribution in [0, 0.1) is 17.2 Å². The van der Waals surface area contributed by atoms with E-state index >= 15 is 0 Å². The van der Waals surface area contributed by atoms with Crippen LogP contribution in [0.5, 0.6) is 0 Å². The Kier molecular flexibility index (Phi) is 6.10. The Morgan fingerprint density at radius 2 is 1.95 bits per heavy atom. The molecule has 2 rings (SSSR count). The van der Waals surface area contributed by atoms with Crippen molar-refractivity contribution in [1.82, 2.24) is 0 Å². The molecular weight excluding hydrogens is 248 g/mol. The van der Waals surface area contributed by atoms with Gasteiger partial charge in [0.15, 0.2) is 0 Å². The number of rotatable bonds is 3. The van der Waals surface area contributed by atoms with Crippen LogP contribution in [0.4, 0.5) is 0 Å². The lowest BCUT2D eigenvalue weighted by Crippen LogP contribution is -2.07. The van der Waals surface area contributed by atoms with Crippen molar-refractivity contribution in [2.24, 2.45) is 11.1 Å². The maximum absolute atomic E-state index is 9.18. The van der Waals surface area contributed by atoms with Gasteiger partial charge in [-0.05, 0) is 24.8 Å². The number of hydrogen-bond acceptors (Lipinski definition) is 3. The lowest BCUT2D eigenvalue weighted by molar-refractivity contribution is 0.129. The van der Waals surface area contributed by atoms with Crippen molar-refractivity contribution in [3.8, 4) is 6.07 Å². The number of nitriles is 1. The number of oxime groups is 1. The molecule has 1 fully saturated rings. The van der Waals surface area contributed by atoms with Crippen LogP contribution in [0.1, 0.15) is 50.5 Å². The fraction of sp³-hybridized carbons (Fsp3) is 0.529. The second-order valence-corrected chi connectivity index (χ2v) is 5.40. The highest BCUT2D eigenvalue weighted by atomic mass is 16.6. The van der Waals surface area contributed by atoms with E-state index in [2.05, 4.69) is 11.2 Å². The van der Waals surface area contributed by atoms with E-state index < -0.39 is 0 Å². The van der Waals surface area contributed by atoms with E-state index in [1.165, 1.54) is 12.8 Å². The standard InChI is InChI=1S/C17H22N2O/c18-13-16-10-4-1-2-7-11-17(12-16)19-20-14-15-8-5-3-6-9-15/h3,5-6,8-9,16H,1-2,4,7,10-12,14H2/b19-17+. The molecule has 0 amide bonds. The summed E-state index contributed by atoms with van der Waals surface area (Å²) in [7, 11) is 0. The zero-order chi connectivity index (χ0) is 14.0. The normalized spacial score (nSPS) is 22.4. The van der Waals surface area contributed by atoms with Crippen LogP contribution in [0.3, 0.4) is 0 Å². The van der Waals surface area contributed by atoms with Gasteiger partial charge in [0.1, 0.15) is 6.61 Å². The van der Waals surface area contributed by atoms with E-state index in [-0.39, 0.29) is 5.92 Å². The van der Waals surface area contributed by atoms with Crippen molar-refractivity contribution >= 4 is 5.71 Å². The van der Waals surface area contributed by atoms with Crippen molar-refractivity contribution in [2.45, 2.75) is 51.6 Å². The number of hydrogen-bond donors (Lipinski definition) is 0. The molecule has 106 valence electrons. The van der Waals surface area contributed by atoms with Crippen molar-refractivity contribution < 1.29 is 4.84 Å². The van der Waals surface area contributed by atoms with Gasteiger partial charge in [0.2, 0.25) is 0 Å². The monoisotopic (exact) mass is 270 g/mol. The Morgan fingerprint density at radius 3 is 2.75 bits per heavy atom. The van der Waals surface area contributed by atoms with Gasteiger partial charge in [-0.3, -0.25) is 0 Å². The van der Waals surface area contributed by atoms with E-state index in [1.54, 1.807) is 0 Å². The lowest BCUT2D eigenvalue weighted by atomic mass is 9.98. The average Bonchev–Trinajstić information content (AvgIpc) is 2.60. The summed E-state index contributed by atoms with van der Waals surface area (Å²) in [6.07, 6.45) is 7.51. The molecule has 0 radical (unpaired) electrons. The largest absolute Gasteiger partial charge is 0.391 e. The SMILES string of the molecule is N#CC1CCCCCC/C(=N\OCc2ccccc2)C1. The molecule has 1 aromatic rings. The molecule has 3 heteroatoms. The van der Waals surface area contributed by atoms with Gasteiger partial charge in [0, 0.05) is 6.42 Å². The lowest BCUT2D eigenvalue weighted by Gasteiger charge is -2.09. The molecule has 1 aliphatic rings. The first-order valence-electron chi connectivity index (χ1n) is 7.49. The molecule has 3 nitrogen and oxygen atoms in total. The summed E-state index contributed by atoms with van der Waals surface area (Å²) in [6, 6.07) is 12.4. The minimum Gasteiger partial charge on any atom is -0.391 e. The Bertz CT molecular complexity index is 462. The van der Waals surface area contributed by atoms with E-state index in [0.29, 0.717) is 6.61 Å². The van der Waals surface area contributed by atoms with Gasteiger partial charge in [-0.25, -0.2) is 0 Å². The molecule has 20 heavy (non-hydrogen) atoms. The minimum atomic E-state index is 0.104. The molecule has 1 unspecified atom stereocenters. The highest BCUT2D eigenvalue weighted by molar-refractivity contribution is 5.84. The van der Waals surface area contributed by atoms with Gasteiger partial charge < -0.3 is 4.84 Å². The molecule has 0 aliphatic heterocycles. The molecule has 1 atom stereocenters. The van der Waals surface area contributed by atoms with Crippen molar-refractivity contribution in [3.05, 3.63) is 35.9 Å². The van der Waals surface area contributed by atoms with Gasteiger partial charge in [-0.1, -0.05) is 54.8 Å². The van der Waals surface area contributed by atoms with Crippen molar-refractivity contribution in [1.29, 1.82) is 5.26 Å².